The molecule has 0 spiro atoms. The minimum atomic E-state index is 0.000244. The van der Waals surface area contributed by atoms with Gasteiger partial charge in [0.05, 0.1) is 24.2 Å². The van der Waals surface area contributed by atoms with Crippen LogP contribution in [0.1, 0.15) is 21.6 Å². The Bertz CT molecular complexity index is 1340. The van der Waals surface area contributed by atoms with Crippen LogP contribution in [-0.4, -0.2) is 53.9 Å². The number of rotatable bonds is 5. The number of aryl methyl sites for hydroxylation is 2. The number of ether oxygens (including phenoxy) is 1. The van der Waals surface area contributed by atoms with Crippen molar-refractivity contribution >= 4 is 11.6 Å². The van der Waals surface area contributed by atoms with Gasteiger partial charge in [-0.25, -0.2) is 4.68 Å². The molecule has 1 saturated heterocycles. The molecule has 1 aliphatic heterocycles. The molecule has 0 N–H and O–H groups in total. The third kappa shape index (κ3) is 4.52. The van der Waals surface area contributed by atoms with E-state index in [1.54, 1.807) is 7.11 Å². The summed E-state index contributed by atoms with van der Waals surface area (Å²) in [7, 11) is 1.69. The van der Waals surface area contributed by atoms with Gasteiger partial charge in [0.2, 0.25) is 0 Å². The lowest BCUT2D eigenvalue weighted by molar-refractivity contribution is 0.0737. The largest absolute Gasteiger partial charge is 0.495 e. The quantitative estimate of drug-likeness (QED) is 0.409. The highest BCUT2D eigenvalue weighted by atomic mass is 16.5. The van der Waals surface area contributed by atoms with E-state index < -0.39 is 0 Å². The molecule has 35 heavy (non-hydrogen) atoms. The van der Waals surface area contributed by atoms with Gasteiger partial charge in [0.25, 0.3) is 5.91 Å². The van der Waals surface area contributed by atoms with Gasteiger partial charge in [-0.3, -0.25) is 4.79 Å². The van der Waals surface area contributed by atoms with Gasteiger partial charge in [-0.2, -0.15) is 5.10 Å². The summed E-state index contributed by atoms with van der Waals surface area (Å²) in [5, 5.41) is 4.90. The van der Waals surface area contributed by atoms with E-state index in [-0.39, 0.29) is 5.91 Å². The lowest BCUT2D eigenvalue weighted by Crippen LogP contribution is -2.49. The van der Waals surface area contributed by atoms with Gasteiger partial charge in [0.15, 0.2) is 0 Å². The number of aromatic nitrogens is 2. The topological polar surface area (TPSA) is 50.6 Å². The second-order valence-electron chi connectivity index (χ2n) is 8.93. The molecule has 6 heteroatoms. The summed E-state index contributed by atoms with van der Waals surface area (Å²) >= 11 is 0. The van der Waals surface area contributed by atoms with Crippen LogP contribution in [0.3, 0.4) is 0 Å². The van der Waals surface area contributed by atoms with E-state index in [2.05, 4.69) is 43.0 Å². The maximum Gasteiger partial charge on any atom is 0.272 e. The highest BCUT2D eigenvalue weighted by Crippen LogP contribution is 2.29. The zero-order valence-electron chi connectivity index (χ0n) is 20.4. The fourth-order valence-electron chi connectivity index (χ4n) is 4.62. The van der Waals surface area contributed by atoms with E-state index in [0.29, 0.717) is 18.8 Å². The lowest BCUT2D eigenvalue weighted by atomic mass is 10.1. The van der Waals surface area contributed by atoms with Crippen molar-refractivity contribution in [2.75, 3.05) is 38.2 Å². The van der Waals surface area contributed by atoms with Gasteiger partial charge in [-0.1, -0.05) is 54.6 Å². The zero-order valence-corrected chi connectivity index (χ0v) is 20.4. The van der Waals surface area contributed by atoms with Crippen LogP contribution in [-0.2, 0) is 0 Å². The van der Waals surface area contributed by atoms with E-state index >= 15 is 0 Å². The third-order valence-corrected chi connectivity index (χ3v) is 6.58. The predicted molar refractivity (Wildman–Crippen MR) is 140 cm³/mol. The Balaban J connectivity index is 1.45. The standard InChI is InChI=1S/C29H30N4O2/c1-21-13-14-22(2)26(19-21)33-27(20-24(30-33)23-9-5-4-6-10-23)29(34)32-17-15-31(16-18-32)25-11-7-8-12-28(25)35-3/h4-14,19-20H,15-18H2,1-3H3. The highest BCUT2D eigenvalue weighted by molar-refractivity contribution is 5.94. The van der Waals surface area contributed by atoms with E-state index in [9.17, 15) is 4.79 Å². The summed E-state index contributed by atoms with van der Waals surface area (Å²) < 4.78 is 7.36. The first-order valence-corrected chi connectivity index (χ1v) is 12.0. The van der Waals surface area contributed by atoms with Crippen LogP contribution in [0.4, 0.5) is 5.69 Å². The Morgan fingerprint density at radius 3 is 2.29 bits per heavy atom. The number of piperazine rings is 1. The lowest BCUT2D eigenvalue weighted by Gasteiger charge is -2.36. The van der Waals surface area contributed by atoms with E-state index in [1.807, 2.05) is 64.2 Å². The molecule has 0 unspecified atom stereocenters. The fourth-order valence-corrected chi connectivity index (χ4v) is 4.62. The molecule has 0 radical (unpaired) electrons. The Hall–Kier alpha value is -4.06. The number of benzene rings is 3. The van der Waals surface area contributed by atoms with Crippen molar-refractivity contribution in [2.24, 2.45) is 0 Å². The van der Waals surface area contributed by atoms with Crippen LogP contribution < -0.4 is 9.64 Å². The maximum atomic E-state index is 13.8. The number of methoxy groups -OCH3 is 1. The normalized spacial score (nSPS) is 13.7. The van der Waals surface area contributed by atoms with Crippen molar-refractivity contribution in [1.29, 1.82) is 0 Å². The highest BCUT2D eigenvalue weighted by Gasteiger charge is 2.27. The molecule has 1 fully saturated rings. The summed E-state index contributed by atoms with van der Waals surface area (Å²) in [4.78, 5) is 18.0. The van der Waals surface area contributed by atoms with Crippen molar-refractivity contribution < 1.29 is 9.53 Å². The van der Waals surface area contributed by atoms with Crippen LogP contribution in [0.2, 0.25) is 0 Å². The fraction of sp³-hybridized carbons (Fsp3) is 0.241. The van der Waals surface area contributed by atoms with Crippen molar-refractivity contribution in [1.82, 2.24) is 14.7 Å². The second kappa shape index (κ2) is 9.66. The van der Waals surface area contributed by atoms with Crippen molar-refractivity contribution in [3.05, 3.63) is 95.7 Å². The molecular formula is C29H30N4O2. The average Bonchev–Trinajstić information content (AvgIpc) is 3.35. The number of anilines is 1. The first-order valence-electron chi connectivity index (χ1n) is 12.0. The molecule has 3 aromatic carbocycles. The number of carbonyl (C=O) groups excluding carboxylic acids is 1. The first kappa shape index (κ1) is 22.7. The van der Waals surface area contributed by atoms with Gasteiger partial charge in [-0.15, -0.1) is 0 Å². The van der Waals surface area contributed by atoms with Gasteiger partial charge in [0.1, 0.15) is 11.4 Å². The van der Waals surface area contributed by atoms with Gasteiger partial charge < -0.3 is 14.5 Å². The summed E-state index contributed by atoms with van der Waals surface area (Å²) in [5.41, 5.74) is 6.58. The third-order valence-electron chi connectivity index (χ3n) is 6.58. The molecule has 1 aromatic heterocycles. The molecule has 2 heterocycles. The molecule has 0 saturated carbocycles. The molecule has 0 bridgehead atoms. The number of amides is 1. The van der Waals surface area contributed by atoms with E-state index in [1.165, 1.54) is 0 Å². The predicted octanol–water partition coefficient (Wildman–Crippen LogP) is 5.13. The average molecular weight is 467 g/mol. The van der Waals surface area contributed by atoms with Crippen LogP contribution >= 0.6 is 0 Å². The second-order valence-corrected chi connectivity index (χ2v) is 8.93. The molecule has 178 valence electrons. The Morgan fingerprint density at radius 1 is 0.829 bits per heavy atom. The van der Waals surface area contributed by atoms with Crippen molar-refractivity contribution in [3.63, 3.8) is 0 Å². The first-order chi connectivity index (χ1) is 17.0. The van der Waals surface area contributed by atoms with E-state index in [4.69, 9.17) is 9.84 Å². The molecule has 5 rings (SSSR count). The van der Waals surface area contributed by atoms with Crippen LogP contribution in [0.15, 0.2) is 78.9 Å². The van der Waals surface area contributed by atoms with Gasteiger partial charge in [0, 0.05) is 31.7 Å². The number of para-hydroxylation sites is 2. The summed E-state index contributed by atoms with van der Waals surface area (Å²) in [5.74, 6) is 0.855. The smallest absolute Gasteiger partial charge is 0.272 e. The van der Waals surface area contributed by atoms with Crippen molar-refractivity contribution in [2.45, 2.75) is 13.8 Å². The molecule has 1 amide bonds. The summed E-state index contributed by atoms with van der Waals surface area (Å²) in [6.45, 7) is 6.87. The van der Waals surface area contributed by atoms with Crippen LogP contribution in [0.5, 0.6) is 5.75 Å². The monoisotopic (exact) mass is 466 g/mol. The molecule has 4 aromatic rings. The number of hydrogen-bond donors (Lipinski definition) is 0. The number of carbonyl (C=O) groups is 1. The number of nitrogens with zero attached hydrogens (tertiary/aromatic N) is 4. The van der Waals surface area contributed by atoms with Crippen LogP contribution in [0, 0.1) is 13.8 Å². The van der Waals surface area contributed by atoms with Gasteiger partial charge in [-0.05, 0) is 49.2 Å². The molecule has 6 nitrogen and oxygen atoms in total. The SMILES string of the molecule is COc1ccccc1N1CCN(C(=O)c2cc(-c3ccccc3)nn2-c2cc(C)ccc2C)CC1. The van der Waals surface area contributed by atoms with E-state index in [0.717, 1.165) is 52.6 Å². The molecular weight excluding hydrogens is 436 g/mol. The minimum absolute atomic E-state index is 0.000244. The zero-order chi connectivity index (χ0) is 24.4. The number of hydrogen-bond acceptors (Lipinski definition) is 4. The molecule has 1 aliphatic rings. The van der Waals surface area contributed by atoms with Crippen molar-refractivity contribution in [3.8, 4) is 22.7 Å². The Morgan fingerprint density at radius 2 is 1.54 bits per heavy atom. The Labute approximate surface area is 206 Å². The molecule has 0 aliphatic carbocycles. The van der Waals surface area contributed by atoms with Gasteiger partial charge >= 0.3 is 0 Å². The summed E-state index contributed by atoms with van der Waals surface area (Å²) in [6, 6.07) is 26.2. The summed E-state index contributed by atoms with van der Waals surface area (Å²) in [6.07, 6.45) is 0. The Kier molecular flexibility index (Phi) is 6.27. The van der Waals surface area contributed by atoms with Crippen LogP contribution in [0.25, 0.3) is 16.9 Å². The minimum Gasteiger partial charge on any atom is -0.495 e. The molecule has 0 atom stereocenters. The maximum absolute atomic E-state index is 13.8.